The van der Waals surface area contributed by atoms with Crippen LogP contribution in [-0.4, -0.2) is 49.7 Å². The number of rotatable bonds is 3. The van der Waals surface area contributed by atoms with Crippen molar-refractivity contribution >= 4 is 15.6 Å². The second-order valence-corrected chi connectivity index (χ2v) is 7.18. The van der Waals surface area contributed by atoms with Crippen molar-refractivity contribution in [3.05, 3.63) is 35.4 Å². The summed E-state index contributed by atoms with van der Waals surface area (Å²) in [6, 6.07) is 2.91. The summed E-state index contributed by atoms with van der Waals surface area (Å²) < 4.78 is 49.9. The molecule has 1 fully saturated rings. The molecule has 0 bridgehead atoms. The first kappa shape index (κ1) is 15.1. The maximum atomic E-state index is 13.5. The van der Waals surface area contributed by atoms with E-state index in [0.29, 0.717) is 0 Å². The highest BCUT2D eigenvalue weighted by Gasteiger charge is 2.30. The van der Waals surface area contributed by atoms with Crippen LogP contribution in [-0.2, 0) is 9.84 Å². The van der Waals surface area contributed by atoms with Gasteiger partial charge in [-0.2, -0.15) is 0 Å². The molecule has 0 N–H and O–H groups in total. The molecule has 1 aromatic carbocycles. The molecule has 0 radical (unpaired) electrons. The average Bonchev–Trinajstić information content (AvgIpc) is 2.32. The molecular formula is C13H15F2NO3S. The second kappa shape index (κ2) is 5.57. The normalized spacial score (nSPS) is 22.6. The SMILES string of the molecule is CC1CS(=O)(=O)CCN1CC(=O)c1c(F)cccc1F. The van der Waals surface area contributed by atoms with Gasteiger partial charge in [-0.25, -0.2) is 17.2 Å². The standard InChI is InChI=1S/C13H15F2NO3S/c1-9-8-20(18,19)6-5-16(9)7-12(17)13-10(14)3-2-4-11(13)15/h2-4,9H,5-8H2,1H3. The fourth-order valence-corrected chi connectivity index (χ4v) is 3.92. The number of Topliss-reactive ketones (excluding diaryl/α,β-unsaturated/α-hetero) is 1. The highest BCUT2D eigenvalue weighted by molar-refractivity contribution is 7.91. The van der Waals surface area contributed by atoms with Gasteiger partial charge in [-0.3, -0.25) is 9.69 Å². The van der Waals surface area contributed by atoms with E-state index in [4.69, 9.17) is 0 Å². The molecule has 0 amide bonds. The third-order valence-corrected chi connectivity index (χ3v) is 5.19. The fourth-order valence-electron chi connectivity index (χ4n) is 2.30. The van der Waals surface area contributed by atoms with Gasteiger partial charge in [0, 0.05) is 12.6 Å². The van der Waals surface area contributed by atoms with Crippen LogP contribution in [0.1, 0.15) is 17.3 Å². The predicted molar refractivity (Wildman–Crippen MR) is 70.4 cm³/mol. The molecule has 7 heteroatoms. The molecule has 0 aromatic heterocycles. The molecule has 0 saturated carbocycles. The van der Waals surface area contributed by atoms with Crippen molar-refractivity contribution in [1.82, 2.24) is 4.90 Å². The van der Waals surface area contributed by atoms with Crippen LogP contribution in [0.25, 0.3) is 0 Å². The Morgan fingerprint density at radius 2 is 1.95 bits per heavy atom. The molecule has 0 spiro atoms. The van der Waals surface area contributed by atoms with Gasteiger partial charge in [-0.15, -0.1) is 0 Å². The van der Waals surface area contributed by atoms with E-state index in [9.17, 15) is 22.0 Å². The molecule has 110 valence electrons. The van der Waals surface area contributed by atoms with E-state index in [2.05, 4.69) is 0 Å². The molecule has 4 nitrogen and oxygen atoms in total. The Bertz CT molecular complexity index is 610. The lowest BCUT2D eigenvalue weighted by molar-refractivity contribution is 0.0900. The van der Waals surface area contributed by atoms with Crippen molar-refractivity contribution in [2.45, 2.75) is 13.0 Å². The van der Waals surface area contributed by atoms with E-state index in [0.717, 1.165) is 12.1 Å². The summed E-state index contributed by atoms with van der Waals surface area (Å²) in [5.74, 6) is -2.55. The van der Waals surface area contributed by atoms with Crippen LogP contribution in [0.2, 0.25) is 0 Å². The van der Waals surface area contributed by atoms with Gasteiger partial charge in [0.25, 0.3) is 0 Å². The fraction of sp³-hybridized carbons (Fsp3) is 0.462. The minimum Gasteiger partial charge on any atom is -0.292 e. The number of benzene rings is 1. The minimum atomic E-state index is -3.08. The summed E-state index contributed by atoms with van der Waals surface area (Å²) in [7, 11) is -3.08. The Kier molecular flexibility index (Phi) is 4.19. The second-order valence-electron chi connectivity index (χ2n) is 4.95. The Labute approximate surface area is 116 Å². The van der Waals surface area contributed by atoms with Gasteiger partial charge in [0.15, 0.2) is 15.6 Å². The third-order valence-electron chi connectivity index (χ3n) is 3.40. The Hall–Kier alpha value is -1.34. The van der Waals surface area contributed by atoms with E-state index >= 15 is 0 Å². The molecule has 1 heterocycles. The summed E-state index contributed by atoms with van der Waals surface area (Å²) in [5.41, 5.74) is -0.562. The number of carbonyl (C=O) groups is 1. The third kappa shape index (κ3) is 3.21. The van der Waals surface area contributed by atoms with Crippen molar-refractivity contribution in [2.24, 2.45) is 0 Å². The predicted octanol–water partition coefficient (Wildman–Crippen LogP) is 1.27. The number of hydrogen-bond donors (Lipinski definition) is 0. The van der Waals surface area contributed by atoms with Gasteiger partial charge < -0.3 is 0 Å². The molecule has 1 aliphatic rings. The molecule has 1 saturated heterocycles. The lowest BCUT2D eigenvalue weighted by Crippen LogP contribution is -2.48. The highest BCUT2D eigenvalue weighted by atomic mass is 32.2. The maximum Gasteiger partial charge on any atom is 0.182 e. The summed E-state index contributed by atoms with van der Waals surface area (Å²) in [6.45, 7) is 1.70. The zero-order valence-corrected chi connectivity index (χ0v) is 11.8. The number of sulfone groups is 1. The molecule has 0 aliphatic carbocycles. The zero-order valence-electron chi connectivity index (χ0n) is 11.0. The van der Waals surface area contributed by atoms with Crippen LogP contribution in [0.3, 0.4) is 0 Å². The smallest absolute Gasteiger partial charge is 0.182 e. The number of ketones is 1. The molecule has 1 atom stereocenters. The Balaban J connectivity index is 2.13. The van der Waals surface area contributed by atoms with Crippen LogP contribution in [0, 0.1) is 11.6 Å². The molecular weight excluding hydrogens is 288 g/mol. The van der Waals surface area contributed by atoms with Crippen LogP contribution < -0.4 is 0 Å². The van der Waals surface area contributed by atoms with E-state index in [1.165, 1.54) is 6.07 Å². The Morgan fingerprint density at radius 3 is 2.50 bits per heavy atom. The topological polar surface area (TPSA) is 54.5 Å². The van der Waals surface area contributed by atoms with Crippen molar-refractivity contribution in [3.63, 3.8) is 0 Å². The lowest BCUT2D eigenvalue weighted by Gasteiger charge is -2.32. The molecule has 1 aromatic rings. The maximum absolute atomic E-state index is 13.5. The summed E-state index contributed by atoms with van der Waals surface area (Å²) in [5, 5.41) is 0. The summed E-state index contributed by atoms with van der Waals surface area (Å²) in [6.07, 6.45) is 0. The molecule has 1 unspecified atom stereocenters. The van der Waals surface area contributed by atoms with Crippen LogP contribution >= 0.6 is 0 Å². The van der Waals surface area contributed by atoms with Crippen LogP contribution in [0.5, 0.6) is 0 Å². The first-order valence-corrected chi connectivity index (χ1v) is 8.04. The zero-order chi connectivity index (χ0) is 14.9. The number of nitrogens with zero attached hydrogens (tertiary/aromatic N) is 1. The van der Waals surface area contributed by atoms with E-state index < -0.39 is 32.8 Å². The first-order valence-electron chi connectivity index (χ1n) is 6.22. The van der Waals surface area contributed by atoms with Gasteiger partial charge >= 0.3 is 0 Å². The van der Waals surface area contributed by atoms with Gasteiger partial charge in [0.1, 0.15) is 11.6 Å². The summed E-state index contributed by atoms with van der Waals surface area (Å²) in [4.78, 5) is 13.6. The molecule has 1 aliphatic heterocycles. The van der Waals surface area contributed by atoms with Crippen molar-refractivity contribution in [3.8, 4) is 0 Å². The van der Waals surface area contributed by atoms with Gasteiger partial charge in [0.05, 0.1) is 23.6 Å². The lowest BCUT2D eigenvalue weighted by atomic mass is 10.1. The minimum absolute atomic E-state index is 0.0373. The van der Waals surface area contributed by atoms with E-state index in [1.54, 1.807) is 11.8 Å². The number of hydrogen-bond acceptors (Lipinski definition) is 4. The van der Waals surface area contributed by atoms with E-state index in [1.807, 2.05) is 0 Å². The van der Waals surface area contributed by atoms with Gasteiger partial charge in [-0.1, -0.05) is 6.07 Å². The molecule has 20 heavy (non-hydrogen) atoms. The molecule has 2 rings (SSSR count). The van der Waals surface area contributed by atoms with E-state index in [-0.39, 0.29) is 30.6 Å². The highest BCUT2D eigenvalue weighted by Crippen LogP contribution is 2.16. The van der Waals surface area contributed by atoms with Gasteiger partial charge in [-0.05, 0) is 19.1 Å². The first-order chi connectivity index (χ1) is 9.30. The van der Waals surface area contributed by atoms with Crippen molar-refractivity contribution in [2.75, 3.05) is 24.6 Å². The van der Waals surface area contributed by atoms with Crippen molar-refractivity contribution in [1.29, 1.82) is 0 Å². The van der Waals surface area contributed by atoms with Crippen LogP contribution in [0.15, 0.2) is 18.2 Å². The Morgan fingerprint density at radius 1 is 1.35 bits per heavy atom. The monoisotopic (exact) mass is 303 g/mol. The van der Waals surface area contributed by atoms with Crippen LogP contribution in [0.4, 0.5) is 8.78 Å². The largest absolute Gasteiger partial charge is 0.292 e. The number of halogens is 2. The number of carbonyl (C=O) groups excluding carboxylic acids is 1. The average molecular weight is 303 g/mol. The quantitative estimate of drug-likeness (QED) is 0.789. The summed E-state index contributed by atoms with van der Waals surface area (Å²) >= 11 is 0. The van der Waals surface area contributed by atoms with Gasteiger partial charge in [0.2, 0.25) is 0 Å². The van der Waals surface area contributed by atoms with Crippen molar-refractivity contribution < 1.29 is 22.0 Å².